The van der Waals surface area contributed by atoms with Gasteiger partial charge in [-0.25, -0.2) is 0 Å². The third-order valence-corrected chi connectivity index (χ3v) is 3.08. The molecule has 0 bridgehead atoms. The fourth-order valence-electron chi connectivity index (χ4n) is 1.87. The summed E-state index contributed by atoms with van der Waals surface area (Å²) in [4.78, 5) is 11.7. The normalized spacial score (nSPS) is 25.8. The summed E-state index contributed by atoms with van der Waals surface area (Å²) in [5.41, 5.74) is -0.110. The fourth-order valence-corrected chi connectivity index (χ4v) is 1.87. The molecule has 1 amide bonds. The second-order valence-electron chi connectivity index (χ2n) is 4.79. The van der Waals surface area contributed by atoms with Gasteiger partial charge in [0, 0.05) is 26.8 Å². The SMILES string of the molecule is COCCNC(=O)C(C)NCC1(C)CCCO1. The highest BCUT2D eigenvalue weighted by atomic mass is 16.5. The van der Waals surface area contributed by atoms with E-state index in [1.54, 1.807) is 7.11 Å². The number of rotatable bonds is 7. The lowest BCUT2D eigenvalue weighted by atomic mass is 10.0. The molecule has 2 atom stereocenters. The topological polar surface area (TPSA) is 59.6 Å². The van der Waals surface area contributed by atoms with Crippen LogP contribution >= 0.6 is 0 Å². The van der Waals surface area contributed by atoms with E-state index in [4.69, 9.17) is 9.47 Å². The van der Waals surface area contributed by atoms with Crippen molar-refractivity contribution in [1.82, 2.24) is 10.6 Å². The first-order valence-electron chi connectivity index (χ1n) is 6.21. The molecule has 1 fully saturated rings. The van der Waals surface area contributed by atoms with Crippen LogP contribution < -0.4 is 10.6 Å². The second kappa shape index (κ2) is 6.93. The van der Waals surface area contributed by atoms with Gasteiger partial charge in [-0.1, -0.05) is 0 Å². The van der Waals surface area contributed by atoms with Crippen LogP contribution in [-0.4, -0.2) is 51.0 Å². The average Bonchev–Trinajstić information content (AvgIpc) is 2.74. The molecule has 1 heterocycles. The van der Waals surface area contributed by atoms with E-state index in [2.05, 4.69) is 17.6 Å². The quantitative estimate of drug-likeness (QED) is 0.632. The molecular formula is C12H24N2O3. The highest BCUT2D eigenvalue weighted by molar-refractivity contribution is 5.81. The summed E-state index contributed by atoms with van der Waals surface area (Å²) >= 11 is 0. The summed E-state index contributed by atoms with van der Waals surface area (Å²) in [6, 6.07) is -0.201. The predicted molar refractivity (Wildman–Crippen MR) is 65.9 cm³/mol. The van der Waals surface area contributed by atoms with E-state index in [1.807, 2.05) is 6.92 Å². The lowest BCUT2D eigenvalue weighted by Crippen LogP contribution is -2.48. The van der Waals surface area contributed by atoms with Crippen molar-refractivity contribution in [3.05, 3.63) is 0 Å². The van der Waals surface area contributed by atoms with Gasteiger partial charge in [0.05, 0.1) is 18.2 Å². The monoisotopic (exact) mass is 244 g/mol. The minimum absolute atomic E-state index is 0.00338. The Kier molecular flexibility index (Phi) is 5.88. The first-order valence-corrected chi connectivity index (χ1v) is 6.21. The van der Waals surface area contributed by atoms with Crippen LogP contribution in [0.5, 0.6) is 0 Å². The van der Waals surface area contributed by atoms with Crippen molar-refractivity contribution in [1.29, 1.82) is 0 Å². The Bertz CT molecular complexity index is 240. The van der Waals surface area contributed by atoms with E-state index in [0.29, 0.717) is 19.7 Å². The van der Waals surface area contributed by atoms with Crippen LogP contribution in [0.3, 0.4) is 0 Å². The number of hydrogen-bond donors (Lipinski definition) is 2. The Labute approximate surface area is 103 Å². The number of carbonyl (C=O) groups excluding carboxylic acids is 1. The van der Waals surface area contributed by atoms with Gasteiger partial charge < -0.3 is 20.1 Å². The van der Waals surface area contributed by atoms with Crippen molar-refractivity contribution in [3.63, 3.8) is 0 Å². The minimum Gasteiger partial charge on any atom is -0.383 e. The minimum atomic E-state index is -0.201. The molecule has 0 spiro atoms. The number of amides is 1. The standard InChI is InChI=1S/C12H24N2O3/c1-10(11(15)13-6-8-16-3)14-9-12(2)5-4-7-17-12/h10,14H,4-9H2,1-3H3,(H,13,15). The van der Waals surface area contributed by atoms with Crippen molar-refractivity contribution >= 4 is 5.91 Å². The predicted octanol–water partition coefficient (Wildman–Crippen LogP) is 0.296. The first-order chi connectivity index (χ1) is 8.07. The highest BCUT2D eigenvalue weighted by Gasteiger charge is 2.30. The maximum absolute atomic E-state index is 11.7. The van der Waals surface area contributed by atoms with Gasteiger partial charge in [-0.2, -0.15) is 0 Å². The van der Waals surface area contributed by atoms with Crippen LogP contribution in [0.15, 0.2) is 0 Å². The summed E-state index contributed by atoms with van der Waals surface area (Å²) < 4.78 is 10.5. The van der Waals surface area contributed by atoms with Gasteiger partial charge in [-0.3, -0.25) is 4.79 Å². The highest BCUT2D eigenvalue weighted by Crippen LogP contribution is 2.23. The molecule has 0 aromatic heterocycles. The van der Waals surface area contributed by atoms with E-state index in [0.717, 1.165) is 19.4 Å². The zero-order valence-corrected chi connectivity index (χ0v) is 11.0. The number of carbonyl (C=O) groups is 1. The van der Waals surface area contributed by atoms with Crippen LogP contribution in [0.1, 0.15) is 26.7 Å². The summed E-state index contributed by atoms with van der Waals surface area (Å²) in [5.74, 6) is 0.00338. The van der Waals surface area contributed by atoms with Crippen LogP contribution in [0.4, 0.5) is 0 Å². The van der Waals surface area contributed by atoms with Crippen molar-refractivity contribution in [2.75, 3.05) is 33.4 Å². The van der Waals surface area contributed by atoms with Crippen LogP contribution in [0.2, 0.25) is 0 Å². The van der Waals surface area contributed by atoms with Crippen molar-refractivity contribution in [3.8, 4) is 0 Å². The van der Waals surface area contributed by atoms with Crippen LogP contribution in [-0.2, 0) is 14.3 Å². The molecule has 5 nitrogen and oxygen atoms in total. The Morgan fingerprint density at radius 2 is 2.35 bits per heavy atom. The van der Waals surface area contributed by atoms with Gasteiger partial charge in [-0.05, 0) is 26.7 Å². The fraction of sp³-hybridized carbons (Fsp3) is 0.917. The molecule has 1 aliphatic rings. The zero-order chi connectivity index (χ0) is 12.7. The summed E-state index contributed by atoms with van der Waals surface area (Å²) in [5, 5.41) is 6.02. The van der Waals surface area contributed by atoms with Crippen molar-refractivity contribution < 1.29 is 14.3 Å². The molecule has 0 aliphatic carbocycles. The van der Waals surface area contributed by atoms with E-state index in [-0.39, 0.29) is 17.6 Å². The molecule has 0 radical (unpaired) electrons. The van der Waals surface area contributed by atoms with Gasteiger partial charge in [-0.15, -0.1) is 0 Å². The Hall–Kier alpha value is -0.650. The molecule has 100 valence electrons. The second-order valence-corrected chi connectivity index (χ2v) is 4.79. The molecule has 1 aliphatic heterocycles. The molecule has 17 heavy (non-hydrogen) atoms. The Morgan fingerprint density at radius 1 is 1.59 bits per heavy atom. The van der Waals surface area contributed by atoms with E-state index in [9.17, 15) is 4.79 Å². The number of ether oxygens (including phenoxy) is 2. The maximum atomic E-state index is 11.7. The number of methoxy groups -OCH3 is 1. The van der Waals surface area contributed by atoms with E-state index >= 15 is 0 Å². The average molecular weight is 244 g/mol. The molecule has 1 saturated heterocycles. The smallest absolute Gasteiger partial charge is 0.236 e. The van der Waals surface area contributed by atoms with Crippen molar-refractivity contribution in [2.45, 2.75) is 38.3 Å². The number of hydrogen-bond acceptors (Lipinski definition) is 4. The van der Waals surface area contributed by atoms with E-state index < -0.39 is 0 Å². The molecule has 1 rings (SSSR count). The van der Waals surface area contributed by atoms with Gasteiger partial charge in [0.25, 0.3) is 0 Å². The zero-order valence-electron chi connectivity index (χ0n) is 11.0. The molecule has 2 N–H and O–H groups in total. The van der Waals surface area contributed by atoms with Gasteiger partial charge in [0.15, 0.2) is 0 Å². The third kappa shape index (κ3) is 5.02. The largest absolute Gasteiger partial charge is 0.383 e. The van der Waals surface area contributed by atoms with Gasteiger partial charge in [0.1, 0.15) is 0 Å². The maximum Gasteiger partial charge on any atom is 0.236 e. The van der Waals surface area contributed by atoms with Gasteiger partial charge in [0.2, 0.25) is 5.91 Å². The molecule has 0 aromatic rings. The summed E-state index contributed by atoms with van der Waals surface area (Å²) in [7, 11) is 1.62. The van der Waals surface area contributed by atoms with Crippen molar-refractivity contribution in [2.24, 2.45) is 0 Å². The lowest BCUT2D eigenvalue weighted by molar-refractivity contribution is -0.123. The first kappa shape index (κ1) is 14.4. The number of nitrogens with one attached hydrogen (secondary N) is 2. The van der Waals surface area contributed by atoms with Gasteiger partial charge >= 0.3 is 0 Å². The van der Waals surface area contributed by atoms with Crippen LogP contribution in [0, 0.1) is 0 Å². The molecule has 5 heteroatoms. The molecular weight excluding hydrogens is 220 g/mol. The lowest BCUT2D eigenvalue weighted by Gasteiger charge is -2.25. The third-order valence-electron chi connectivity index (χ3n) is 3.08. The van der Waals surface area contributed by atoms with Crippen LogP contribution in [0.25, 0.3) is 0 Å². The van der Waals surface area contributed by atoms with E-state index in [1.165, 1.54) is 0 Å². The molecule has 2 unspecified atom stereocenters. The molecule has 0 saturated carbocycles. The summed E-state index contributed by atoms with van der Waals surface area (Å²) in [6.07, 6.45) is 2.16. The Balaban J connectivity index is 2.19. The summed E-state index contributed by atoms with van der Waals surface area (Å²) in [6.45, 7) is 6.58. The molecule has 0 aromatic carbocycles. The Morgan fingerprint density at radius 3 is 2.94 bits per heavy atom.